The van der Waals surface area contributed by atoms with Gasteiger partial charge in [0.1, 0.15) is 17.0 Å². The first-order chi connectivity index (χ1) is 13.3. The Labute approximate surface area is 156 Å². The van der Waals surface area contributed by atoms with Crippen LogP contribution in [0.25, 0.3) is 16.7 Å². The van der Waals surface area contributed by atoms with Crippen molar-refractivity contribution in [1.82, 2.24) is 9.55 Å². The monoisotopic (exact) mass is 389 g/mol. The summed E-state index contributed by atoms with van der Waals surface area (Å²) in [7, 11) is 1.11. The van der Waals surface area contributed by atoms with Gasteiger partial charge in [-0.1, -0.05) is 18.2 Å². The molecule has 2 aromatic heterocycles. The molecule has 1 aromatic carbocycles. The van der Waals surface area contributed by atoms with Crippen LogP contribution in [0.1, 0.15) is 21.7 Å². The van der Waals surface area contributed by atoms with Crippen molar-refractivity contribution in [3.05, 3.63) is 69.6 Å². The zero-order valence-electron chi connectivity index (χ0n) is 14.7. The molecule has 9 heteroatoms. The Balaban J connectivity index is 2.57. The summed E-state index contributed by atoms with van der Waals surface area (Å²) in [5.41, 5.74) is -2.10. The fourth-order valence-electron chi connectivity index (χ4n) is 2.86. The van der Waals surface area contributed by atoms with Gasteiger partial charge in [0.15, 0.2) is 5.43 Å². The average Bonchev–Trinajstić information content (AvgIpc) is 2.68. The van der Waals surface area contributed by atoms with Gasteiger partial charge in [-0.2, -0.15) is 13.2 Å². The van der Waals surface area contributed by atoms with Crippen molar-refractivity contribution >= 4 is 23.7 Å². The molecule has 0 saturated heterocycles. The van der Waals surface area contributed by atoms with Crippen molar-refractivity contribution in [3.63, 3.8) is 0 Å². The highest BCUT2D eigenvalue weighted by Gasteiger charge is 2.34. The fraction of sp³-hybridized carbons (Fsp3) is 0.158. The first-order valence-electron chi connectivity index (χ1n) is 8.01. The molecule has 6 nitrogen and oxygen atoms in total. The number of halogens is 3. The number of nitrogens with zero attached hydrogens (tertiary/aromatic N) is 3. The number of alkyl halides is 3. The molecule has 3 rings (SSSR count). The van der Waals surface area contributed by atoms with Gasteiger partial charge in [0, 0.05) is 5.69 Å². The summed E-state index contributed by atoms with van der Waals surface area (Å²) in [4.78, 5) is 32.7. The van der Waals surface area contributed by atoms with Gasteiger partial charge in [-0.3, -0.25) is 14.4 Å². The number of aromatic nitrogens is 2. The number of esters is 1. The molecule has 0 atom stereocenters. The van der Waals surface area contributed by atoms with Crippen molar-refractivity contribution in [3.8, 4) is 5.69 Å². The van der Waals surface area contributed by atoms with E-state index in [0.717, 1.165) is 19.2 Å². The minimum atomic E-state index is -4.72. The predicted molar refractivity (Wildman–Crippen MR) is 96.9 cm³/mol. The van der Waals surface area contributed by atoms with E-state index in [1.807, 2.05) is 0 Å². The molecule has 0 aliphatic heterocycles. The number of fused-ring (bicyclic) bond motifs is 1. The van der Waals surface area contributed by atoms with Crippen molar-refractivity contribution in [1.29, 1.82) is 0 Å². The van der Waals surface area contributed by atoms with Crippen LogP contribution >= 0.6 is 0 Å². The van der Waals surface area contributed by atoms with E-state index in [2.05, 4.69) is 16.7 Å². The summed E-state index contributed by atoms with van der Waals surface area (Å²) in [6.07, 6.45) is -4.72. The number of aliphatic imine (C=N–C) groups is 1. The zero-order chi connectivity index (χ0) is 20.5. The van der Waals surface area contributed by atoms with Gasteiger partial charge in [-0.15, -0.1) is 0 Å². The maximum atomic E-state index is 13.2. The number of methoxy groups -OCH3 is 1. The molecule has 0 amide bonds. The molecule has 3 aromatic rings. The van der Waals surface area contributed by atoms with E-state index in [1.54, 1.807) is 30.3 Å². The van der Waals surface area contributed by atoms with E-state index in [4.69, 9.17) is 4.74 Å². The predicted octanol–water partition coefficient (Wildman–Crippen LogP) is 3.39. The quantitative estimate of drug-likeness (QED) is 0.506. The summed E-state index contributed by atoms with van der Waals surface area (Å²) in [5.74, 6) is -0.902. The number of hydrogen-bond acceptors (Lipinski definition) is 5. The molecule has 0 N–H and O–H groups in total. The smallest absolute Gasteiger partial charge is 0.433 e. The molecule has 0 bridgehead atoms. The standard InChI is InChI=1S/C19H14F3N3O3/c1-23-10-13-15(18(27)28-2)25(11-6-4-3-5-7-11)17-12(16(13)26)8-9-14(24-17)19(20,21)22/h3-9H,1,10H2,2H3. The molecule has 0 aliphatic rings. The van der Waals surface area contributed by atoms with Crippen LogP contribution in [0, 0.1) is 0 Å². The Morgan fingerprint density at radius 2 is 1.89 bits per heavy atom. The Hall–Kier alpha value is -3.49. The third-order valence-electron chi connectivity index (χ3n) is 4.07. The molecule has 0 aliphatic carbocycles. The molecule has 0 saturated carbocycles. The lowest BCUT2D eigenvalue weighted by molar-refractivity contribution is -0.141. The molecule has 0 fully saturated rings. The van der Waals surface area contributed by atoms with Gasteiger partial charge in [0.2, 0.25) is 0 Å². The Morgan fingerprint density at radius 3 is 2.46 bits per heavy atom. The normalized spacial score (nSPS) is 11.4. The van der Waals surface area contributed by atoms with Crippen LogP contribution in [0.4, 0.5) is 13.2 Å². The Kier molecular flexibility index (Phi) is 5.00. The number of carbonyl (C=O) groups excluding carboxylic acids is 1. The molecule has 0 spiro atoms. The molecular formula is C19H14F3N3O3. The first kappa shape index (κ1) is 19.3. The SMILES string of the molecule is C=NCc1c(C(=O)OC)n(-c2ccccc2)c2nc(C(F)(F)F)ccc2c1=O. The van der Waals surface area contributed by atoms with Gasteiger partial charge in [-0.25, -0.2) is 9.78 Å². The van der Waals surface area contributed by atoms with Crippen LogP contribution in [-0.2, 0) is 17.5 Å². The van der Waals surface area contributed by atoms with Crippen LogP contribution in [0.3, 0.4) is 0 Å². The first-order valence-corrected chi connectivity index (χ1v) is 8.01. The van der Waals surface area contributed by atoms with E-state index in [1.165, 1.54) is 4.57 Å². The van der Waals surface area contributed by atoms with Crippen LogP contribution in [0.15, 0.2) is 52.3 Å². The van der Waals surface area contributed by atoms with Crippen LogP contribution in [-0.4, -0.2) is 29.3 Å². The second-order valence-corrected chi connectivity index (χ2v) is 5.77. The molecule has 28 heavy (non-hydrogen) atoms. The van der Waals surface area contributed by atoms with E-state index in [9.17, 15) is 22.8 Å². The molecule has 0 unspecified atom stereocenters. The van der Waals surface area contributed by atoms with Gasteiger partial charge in [-0.05, 0) is 31.0 Å². The van der Waals surface area contributed by atoms with Crippen molar-refractivity contribution < 1.29 is 22.7 Å². The summed E-state index contributed by atoms with van der Waals surface area (Å²) < 4.78 is 45.6. The maximum Gasteiger partial charge on any atom is 0.433 e. The van der Waals surface area contributed by atoms with Crippen molar-refractivity contribution in [2.24, 2.45) is 4.99 Å². The Morgan fingerprint density at radius 1 is 1.21 bits per heavy atom. The number of carbonyl (C=O) groups is 1. The Bertz CT molecular complexity index is 1120. The van der Waals surface area contributed by atoms with E-state index >= 15 is 0 Å². The maximum absolute atomic E-state index is 13.2. The highest BCUT2D eigenvalue weighted by molar-refractivity contribution is 5.94. The number of benzene rings is 1. The third-order valence-corrected chi connectivity index (χ3v) is 4.07. The highest BCUT2D eigenvalue weighted by atomic mass is 19.4. The number of ether oxygens (including phenoxy) is 1. The van der Waals surface area contributed by atoms with E-state index < -0.39 is 23.3 Å². The average molecular weight is 389 g/mol. The molecule has 0 radical (unpaired) electrons. The van der Waals surface area contributed by atoms with E-state index in [0.29, 0.717) is 5.69 Å². The number of rotatable bonds is 4. The lowest BCUT2D eigenvalue weighted by atomic mass is 10.1. The summed E-state index contributed by atoms with van der Waals surface area (Å²) in [5, 5.41) is -0.0804. The number of hydrogen-bond donors (Lipinski definition) is 0. The van der Waals surface area contributed by atoms with Gasteiger partial charge < -0.3 is 4.74 Å². The number of para-hydroxylation sites is 1. The lowest BCUT2D eigenvalue weighted by Gasteiger charge is -2.18. The van der Waals surface area contributed by atoms with Crippen LogP contribution in [0.2, 0.25) is 0 Å². The largest absolute Gasteiger partial charge is 0.464 e. The summed E-state index contributed by atoms with van der Waals surface area (Å²) in [6, 6.07) is 9.89. The van der Waals surface area contributed by atoms with Crippen LogP contribution in [0.5, 0.6) is 0 Å². The number of pyridine rings is 2. The molecule has 2 heterocycles. The van der Waals surface area contributed by atoms with Gasteiger partial charge in [0.05, 0.1) is 24.6 Å². The lowest BCUT2D eigenvalue weighted by Crippen LogP contribution is -2.25. The fourth-order valence-corrected chi connectivity index (χ4v) is 2.86. The zero-order valence-corrected chi connectivity index (χ0v) is 14.7. The summed E-state index contributed by atoms with van der Waals surface area (Å²) >= 11 is 0. The molecule has 144 valence electrons. The second-order valence-electron chi connectivity index (χ2n) is 5.77. The van der Waals surface area contributed by atoms with Gasteiger partial charge >= 0.3 is 12.1 Å². The van der Waals surface area contributed by atoms with E-state index in [-0.39, 0.29) is 28.8 Å². The van der Waals surface area contributed by atoms with Crippen LogP contribution < -0.4 is 5.43 Å². The van der Waals surface area contributed by atoms with Crippen molar-refractivity contribution in [2.75, 3.05) is 7.11 Å². The minimum Gasteiger partial charge on any atom is -0.464 e. The van der Waals surface area contributed by atoms with Crippen molar-refractivity contribution in [2.45, 2.75) is 12.7 Å². The topological polar surface area (TPSA) is 73.5 Å². The third kappa shape index (κ3) is 3.26. The minimum absolute atomic E-state index is 0.0419. The highest BCUT2D eigenvalue weighted by Crippen LogP contribution is 2.30. The molecular weight excluding hydrogens is 375 g/mol. The van der Waals surface area contributed by atoms with Gasteiger partial charge in [0.25, 0.3) is 0 Å². The second kappa shape index (κ2) is 7.26. The summed E-state index contributed by atoms with van der Waals surface area (Å²) in [6.45, 7) is 3.12.